The largest absolute Gasteiger partial charge is 0.424 e. The summed E-state index contributed by atoms with van der Waals surface area (Å²) in [7, 11) is 0. The van der Waals surface area contributed by atoms with Crippen molar-refractivity contribution in [2.45, 2.75) is 31.7 Å². The van der Waals surface area contributed by atoms with Crippen LogP contribution in [0.3, 0.4) is 0 Å². The summed E-state index contributed by atoms with van der Waals surface area (Å²) in [5.41, 5.74) is -1.57. The molecule has 0 bridgehead atoms. The molecule has 0 fully saturated rings. The molecule has 1 unspecified atom stereocenters. The fourth-order valence-electron chi connectivity index (χ4n) is 2.51. The van der Waals surface area contributed by atoms with Gasteiger partial charge in [0.2, 0.25) is 11.5 Å². The van der Waals surface area contributed by atoms with Crippen LogP contribution in [0, 0.1) is 6.92 Å². The molecular weight excluding hydrogens is 393 g/mol. The van der Waals surface area contributed by atoms with Crippen LogP contribution in [0.15, 0.2) is 48.1 Å². The SMILES string of the molecule is Cc1csc(C(O)(CC(=O)NCc2cnn(-c3ccccc3)c2)C(F)(F)F)n1. The molecule has 2 N–H and O–H groups in total. The number of carbonyl (C=O) groups is 1. The van der Waals surface area contributed by atoms with E-state index in [1.165, 1.54) is 18.5 Å². The van der Waals surface area contributed by atoms with Crippen molar-refractivity contribution < 1.29 is 23.1 Å². The molecule has 2 heterocycles. The second-order valence-corrected chi connectivity index (χ2v) is 7.09. The van der Waals surface area contributed by atoms with Crippen LogP contribution in [-0.2, 0) is 16.9 Å². The summed E-state index contributed by atoms with van der Waals surface area (Å²) in [5.74, 6) is -0.944. The molecule has 10 heteroatoms. The predicted molar refractivity (Wildman–Crippen MR) is 96.8 cm³/mol. The Hall–Kier alpha value is -2.72. The van der Waals surface area contributed by atoms with Crippen molar-refractivity contribution >= 4 is 17.2 Å². The van der Waals surface area contributed by atoms with Crippen molar-refractivity contribution in [3.05, 3.63) is 64.4 Å². The summed E-state index contributed by atoms with van der Waals surface area (Å²) >= 11 is 0.666. The van der Waals surface area contributed by atoms with Gasteiger partial charge in [-0.15, -0.1) is 11.3 Å². The monoisotopic (exact) mass is 410 g/mol. The number of aryl methyl sites for hydroxylation is 1. The molecule has 6 nitrogen and oxygen atoms in total. The molecule has 3 rings (SSSR count). The molecule has 1 amide bonds. The van der Waals surface area contributed by atoms with Crippen LogP contribution in [-0.4, -0.2) is 32.0 Å². The predicted octanol–water partition coefficient (Wildman–Crippen LogP) is 3.09. The number of halogens is 3. The van der Waals surface area contributed by atoms with Gasteiger partial charge < -0.3 is 10.4 Å². The molecule has 1 atom stereocenters. The van der Waals surface area contributed by atoms with E-state index in [0.717, 1.165) is 5.69 Å². The maximum absolute atomic E-state index is 13.4. The van der Waals surface area contributed by atoms with Crippen LogP contribution in [0.25, 0.3) is 5.69 Å². The molecule has 1 aromatic carbocycles. The van der Waals surface area contributed by atoms with E-state index in [9.17, 15) is 23.1 Å². The van der Waals surface area contributed by atoms with E-state index in [-0.39, 0.29) is 6.54 Å². The first-order valence-electron chi connectivity index (χ1n) is 8.26. The van der Waals surface area contributed by atoms with Gasteiger partial charge in [0.25, 0.3) is 0 Å². The third-order valence-electron chi connectivity index (χ3n) is 4.00. The number of amides is 1. The number of carbonyl (C=O) groups excluding carboxylic acids is 1. The zero-order chi connectivity index (χ0) is 20.4. The number of benzene rings is 1. The van der Waals surface area contributed by atoms with Crippen molar-refractivity contribution in [3.8, 4) is 5.69 Å². The van der Waals surface area contributed by atoms with Gasteiger partial charge in [-0.3, -0.25) is 4.79 Å². The first kappa shape index (κ1) is 20.0. The first-order chi connectivity index (χ1) is 13.2. The standard InChI is InChI=1S/C18H17F3N4O2S/c1-12-11-28-16(24-12)17(27,18(19,20)21)7-15(26)22-8-13-9-23-25(10-13)14-5-3-2-4-6-14/h2-6,9-11,27H,7-8H2,1H3,(H,22,26). The first-order valence-corrected chi connectivity index (χ1v) is 9.14. The van der Waals surface area contributed by atoms with E-state index >= 15 is 0 Å². The van der Waals surface area contributed by atoms with Gasteiger partial charge >= 0.3 is 6.18 Å². The quantitative estimate of drug-likeness (QED) is 0.655. The van der Waals surface area contributed by atoms with Gasteiger partial charge in [-0.25, -0.2) is 9.67 Å². The molecule has 0 spiro atoms. The molecule has 0 aliphatic heterocycles. The van der Waals surface area contributed by atoms with Gasteiger partial charge in [0, 0.05) is 29.4 Å². The second-order valence-electron chi connectivity index (χ2n) is 6.23. The summed E-state index contributed by atoms with van der Waals surface area (Å²) in [6, 6.07) is 9.23. The summed E-state index contributed by atoms with van der Waals surface area (Å²) in [5, 5.41) is 17.6. The van der Waals surface area contributed by atoms with Crippen molar-refractivity contribution in [2.24, 2.45) is 0 Å². The fraction of sp³-hybridized carbons (Fsp3) is 0.278. The molecule has 0 saturated carbocycles. The molecule has 2 aromatic heterocycles. The molecule has 0 radical (unpaired) electrons. The Kier molecular flexibility index (Phi) is 5.52. The Morgan fingerprint density at radius 3 is 2.61 bits per heavy atom. The second kappa shape index (κ2) is 7.72. The minimum absolute atomic E-state index is 0.0174. The van der Waals surface area contributed by atoms with Gasteiger partial charge in [-0.05, 0) is 19.1 Å². The number of rotatable bonds is 6. The highest BCUT2D eigenvalue weighted by Gasteiger charge is 2.58. The lowest BCUT2D eigenvalue weighted by Crippen LogP contribution is -2.46. The van der Waals surface area contributed by atoms with Crippen molar-refractivity contribution in [2.75, 3.05) is 0 Å². The van der Waals surface area contributed by atoms with Crippen molar-refractivity contribution in [1.29, 1.82) is 0 Å². The number of aliphatic hydroxyl groups is 1. The Morgan fingerprint density at radius 1 is 1.29 bits per heavy atom. The summed E-state index contributed by atoms with van der Waals surface area (Å²) < 4.78 is 41.9. The number of hydrogen-bond acceptors (Lipinski definition) is 5. The minimum atomic E-state index is -5.03. The summed E-state index contributed by atoms with van der Waals surface area (Å²) in [4.78, 5) is 15.8. The lowest BCUT2D eigenvalue weighted by atomic mass is 9.99. The molecule has 28 heavy (non-hydrogen) atoms. The van der Waals surface area contributed by atoms with Crippen LogP contribution >= 0.6 is 11.3 Å². The Labute approximate surface area is 162 Å². The molecular formula is C18H17F3N4O2S. The maximum Gasteiger partial charge on any atom is 0.424 e. The van der Waals surface area contributed by atoms with Crippen LogP contribution in [0.2, 0.25) is 0 Å². The third kappa shape index (κ3) is 4.23. The third-order valence-corrected chi connectivity index (χ3v) is 5.12. The van der Waals surface area contributed by atoms with Gasteiger partial charge in [0.15, 0.2) is 0 Å². The zero-order valence-corrected chi connectivity index (χ0v) is 15.6. The highest BCUT2D eigenvalue weighted by Crippen LogP contribution is 2.42. The maximum atomic E-state index is 13.4. The van der Waals surface area contributed by atoms with E-state index in [1.807, 2.05) is 30.3 Å². The molecule has 0 aliphatic rings. The van der Waals surface area contributed by atoms with Crippen LogP contribution in [0.4, 0.5) is 13.2 Å². The topological polar surface area (TPSA) is 80.0 Å². The number of nitrogens with zero attached hydrogens (tertiary/aromatic N) is 3. The van der Waals surface area contributed by atoms with E-state index in [2.05, 4.69) is 15.4 Å². The average molecular weight is 410 g/mol. The molecule has 0 saturated heterocycles. The van der Waals surface area contributed by atoms with Gasteiger partial charge in [-0.1, -0.05) is 18.2 Å². The van der Waals surface area contributed by atoms with Crippen molar-refractivity contribution in [1.82, 2.24) is 20.1 Å². The lowest BCUT2D eigenvalue weighted by Gasteiger charge is -2.27. The van der Waals surface area contributed by atoms with E-state index in [1.54, 1.807) is 10.9 Å². The lowest BCUT2D eigenvalue weighted by molar-refractivity contribution is -0.267. The number of alkyl halides is 3. The Bertz CT molecular complexity index is 955. The number of nitrogens with one attached hydrogen (secondary N) is 1. The normalized spacial score (nSPS) is 13.9. The summed E-state index contributed by atoms with van der Waals surface area (Å²) in [6.07, 6.45) is -3.04. The fourth-order valence-corrected chi connectivity index (χ4v) is 3.42. The number of para-hydroxylation sites is 1. The van der Waals surface area contributed by atoms with Gasteiger partial charge in [0.1, 0.15) is 5.01 Å². The number of thiazole rings is 1. The van der Waals surface area contributed by atoms with Crippen LogP contribution < -0.4 is 5.32 Å². The molecule has 3 aromatic rings. The van der Waals surface area contributed by atoms with Crippen LogP contribution in [0.5, 0.6) is 0 Å². The highest BCUT2D eigenvalue weighted by molar-refractivity contribution is 7.09. The number of aromatic nitrogens is 3. The Morgan fingerprint density at radius 2 is 2.00 bits per heavy atom. The van der Waals surface area contributed by atoms with Gasteiger partial charge in [-0.2, -0.15) is 18.3 Å². The smallest absolute Gasteiger partial charge is 0.374 e. The molecule has 0 aliphatic carbocycles. The van der Waals surface area contributed by atoms with Crippen LogP contribution in [0.1, 0.15) is 22.7 Å². The van der Waals surface area contributed by atoms with Crippen molar-refractivity contribution in [3.63, 3.8) is 0 Å². The summed E-state index contributed by atoms with van der Waals surface area (Å²) in [6.45, 7) is 1.50. The minimum Gasteiger partial charge on any atom is -0.374 e. The number of hydrogen-bond donors (Lipinski definition) is 2. The zero-order valence-electron chi connectivity index (χ0n) is 14.8. The Balaban J connectivity index is 1.67. The van der Waals surface area contributed by atoms with E-state index < -0.39 is 29.1 Å². The highest BCUT2D eigenvalue weighted by atomic mass is 32.1. The average Bonchev–Trinajstić information content (AvgIpc) is 3.29. The molecule has 148 valence electrons. The van der Waals surface area contributed by atoms with E-state index in [4.69, 9.17) is 0 Å². The van der Waals surface area contributed by atoms with Gasteiger partial charge in [0.05, 0.1) is 18.3 Å². The van der Waals surface area contributed by atoms with E-state index in [0.29, 0.717) is 22.6 Å².